The zero-order valence-electron chi connectivity index (χ0n) is 12.7. The molecule has 0 unspecified atom stereocenters. The maximum absolute atomic E-state index is 12.5. The third-order valence-electron chi connectivity index (χ3n) is 4.14. The van der Waals surface area contributed by atoms with Crippen LogP contribution in [0.3, 0.4) is 0 Å². The van der Waals surface area contributed by atoms with E-state index in [-0.39, 0.29) is 18.4 Å². The number of aromatic nitrogens is 2. The summed E-state index contributed by atoms with van der Waals surface area (Å²) in [4.78, 5) is 18.3. The van der Waals surface area contributed by atoms with Crippen LogP contribution in [0.5, 0.6) is 0 Å². The lowest BCUT2D eigenvalue weighted by molar-refractivity contribution is 0.257. The van der Waals surface area contributed by atoms with E-state index in [4.69, 9.17) is 0 Å². The first-order valence-electron chi connectivity index (χ1n) is 7.29. The van der Waals surface area contributed by atoms with Gasteiger partial charge in [-0.3, -0.25) is 9.88 Å². The number of fused-ring (bicyclic) bond motifs is 2. The topological polar surface area (TPSA) is 50.2 Å². The van der Waals surface area contributed by atoms with Crippen LogP contribution in [0.4, 0.5) is 16.2 Å². The Hall–Kier alpha value is -2.53. The first kappa shape index (κ1) is 15.4. The molecule has 0 spiro atoms. The third-order valence-corrected chi connectivity index (χ3v) is 4.14. The zero-order valence-corrected chi connectivity index (χ0v) is 13.5. The van der Waals surface area contributed by atoms with Crippen LogP contribution in [0.25, 0.3) is 10.9 Å². The molecule has 0 atom stereocenters. The monoisotopic (exact) mass is 328 g/mol. The summed E-state index contributed by atoms with van der Waals surface area (Å²) in [5, 5.41) is 4.05. The molecule has 3 heterocycles. The summed E-state index contributed by atoms with van der Waals surface area (Å²) < 4.78 is 2.11. The Morgan fingerprint density at radius 2 is 2.17 bits per heavy atom. The molecule has 5 nitrogen and oxygen atoms in total. The molecule has 0 aliphatic carbocycles. The number of amides is 2. The van der Waals surface area contributed by atoms with Gasteiger partial charge in [-0.2, -0.15) is 0 Å². The SMILES string of the molecule is Cl.Cn1ccc2cc3c(cc21)CCN3C(=O)Nc1cccnc1. The molecule has 0 saturated heterocycles. The summed E-state index contributed by atoms with van der Waals surface area (Å²) in [6, 6.07) is 9.89. The lowest BCUT2D eigenvalue weighted by Crippen LogP contribution is -2.33. The average Bonchev–Trinajstić information content (AvgIpc) is 3.10. The van der Waals surface area contributed by atoms with Crippen molar-refractivity contribution in [3.8, 4) is 0 Å². The van der Waals surface area contributed by atoms with Crippen LogP contribution in [0, 0.1) is 0 Å². The highest BCUT2D eigenvalue weighted by molar-refractivity contribution is 6.04. The number of pyridine rings is 1. The average molecular weight is 329 g/mol. The molecule has 1 aromatic carbocycles. The van der Waals surface area contributed by atoms with Gasteiger partial charge >= 0.3 is 6.03 Å². The first-order valence-corrected chi connectivity index (χ1v) is 7.29. The number of urea groups is 1. The molecule has 2 aromatic heterocycles. The van der Waals surface area contributed by atoms with E-state index in [1.54, 1.807) is 23.4 Å². The molecule has 1 aliphatic heterocycles. The van der Waals surface area contributed by atoms with Crippen molar-refractivity contribution in [3.05, 3.63) is 54.5 Å². The van der Waals surface area contributed by atoms with Crippen LogP contribution in [0.1, 0.15) is 5.56 Å². The molecule has 23 heavy (non-hydrogen) atoms. The maximum atomic E-state index is 12.5. The molecule has 0 radical (unpaired) electrons. The standard InChI is InChI=1S/C17H16N4O.ClH/c1-20-7-4-12-10-16-13(9-15(12)20)5-8-21(16)17(22)19-14-3-2-6-18-11-14;/h2-4,6-7,9-11H,5,8H2,1H3,(H,19,22);1H. The Morgan fingerprint density at radius 3 is 2.96 bits per heavy atom. The van der Waals surface area contributed by atoms with Crippen molar-refractivity contribution in [1.82, 2.24) is 9.55 Å². The highest BCUT2D eigenvalue weighted by Crippen LogP contribution is 2.33. The normalized spacial score (nSPS) is 12.8. The molecule has 0 fully saturated rings. The van der Waals surface area contributed by atoms with E-state index in [0.717, 1.165) is 17.5 Å². The lowest BCUT2D eigenvalue weighted by Gasteiger charge is -2.18. The highest BCUT2D eigenvalue weighted by atomic mass is 35.5. The van der Waals surface area contributed by atoms with Crippen LogP contribution in [-0.2, 0) is 13.5 Å². The van der Waals surface area contributed by atoms with Crippen molar-refractivity contribution < 1.29 is 4.79 Å². The van der Waals surface area contributed by atoms with Gasteiger partial charge in [-0.15, -0.1) is 12.4 Å². The number of hydrogen-bond donors (Lipinski definition) is 1. The Balaban J connectivity index is 0.00000156. The highest BCUT2D eigenvalue weighted by Gasteiger charge is 2.25. The van der Waals surface area contributed by atoms with Crippen LogP contribution in [0.15, 0.2) is 48.9 Å². The van der Waals surface area contributed by atoms with Crippen molar-refractivity contribution in [3.63, 3.8) is 0 Å². The Labute approximate surface area is 140 Å². The molecule has 4 rings (SSSR count). The number of aryl methyl sites for hydroxylation is 1. The predicted octanol–water partition coefficient (Wildman–Crippen LogP) is 3.59. The minimum Gasteiger partial charge on any atom is -0.351 e. The Bertz CT molecular complexity index is 860. The number of halogens is 1. The molecule has 2 amide bonds. The van der Waals surface area contributed by atoms with Crippen molar-refractivity contribution >= 4 is 40.7 Å². The lowest BCUT2D eigenvalue weighted by atomic mass is 10.1. The third kappa shape index (κ3) is 2.64. The summed E-state index contributed by atoms with van der Waals surface area (Å²) >= 11 is 0. The fourth-order valence-electron chi connectivity index (χ4n) is 2.99. The summed E-state index contributed by atoms with van der Waals surface area (Å²) in [6.45, 7) is 0.706. The van der Waals surface area contributed by atoms with Crippen LogP contribution < -0.4 is 10.2 Å². The minimum atomic E-state index is -0.109. The first-order chi connectivity index (χ1) is 10.7. The van der Waals surface area contributed by atoms with Crippen LogP contribution >= 0.6 is 12.4 Å². The van der Waals surface area contributed by atoms with E-state index < -0.39 is 0 Å². The van der Waals surface area contributed by atoms with Crippen molar-refractivity contribution in [1.29, 1.82) is 0 Å². The summed E-state index contributed by atoms with van der Waals surface area (Å²) in [6.07, 6.45) is 6.26. The van der Waals surface area contributed by atoms with Gasteiger partial charge in [-0.25, -0.2) is 4.79 Å². The molecule has 3 aromatic rings. The Kier molecular flexibility index (Phi) is 3.96. The fourth-order valence-corrected chi connectivity index (χ4v) is 2.99. The minimum absolute atomic E-state index is 0. The smallest absolute Gasteiger partial charge is 0.326 e. The van der Waals surface area contributed by atoms with Gasteiger partial charge in [-0.1, -0.05) is 0 Å². The molecular formula is C17H17ClN4O. The molecule has 1 aliphatic rings. The van der Waals surface area contributed by atoms with Gasteiger partial charge in [0, 0.05) is 42.6 Å². The van der Waals surface area contributed by atoms with E-state index in [1.165, 1.54) is 11.1 Å². The second-order valence-corrected chi connectivity index (χ2v) is 5.54. The van der Waals surface area contributed by atoms with Gasteiger partial charge in [0.15, 0.2) is 0 Å². The van der Waals surface area contributed by atoms with Crippen molar-refractivity contribution in [2.45, 2.75) is 6.42 Å². The zero-order chi connectivity index (χ0) is 15.1. The second-order valence-electron chi connectivity index (χ2n) is 5.54. The van der Waals surface area contributed by atoms with Crippen molar-refractivity contribution in [2.75, 3.05) is 16.8 Å². The van der Waals surface area contributed by atoms with E-state index in [9.17, 15) is 4.79 Å². The number of nitrogens with zero attached hydrogens (tertiary/aromatic N) is 3. The number of carbonyl (C=O) groups excluding carboxylic acids is 1. The number of nitrogens with one attached hydrogen (secondary N) is 1. The number of hydrogen-bond acceptors (Lipinski definition) is 2. The fraction of sp³-hybridized carbons (Fsp3) is 0.176. The summed E-state index contributed by atoms with van der Waals surface area (Å²) in [5.41, 5.74) is 4.13. The molecular weight excluding hydrogens is 312 g/mol. The summed E-state index contributed by atoms with van der Waals surface area (Å²) in [7, 11) is 2.04. The van der Waals surface area contributed by atoms with Gasteiger partial charge < -0.3 is 9.88 Å². The molecule has 118 valence electrons. The van der Waals surface area contributed by atoms with Gasteiger partial charge in [0.05, 0.1) is 11.9 Å². The van der Waals surface area contributed by atoms with Gasteiger partial charge in [0.1, 0.15) is 0 Å². The van der Waals surface area contributed by atoms with Gasteiger partial charge in [-0.05, 0) is 42.3 Å². The molecule has 1 N–H and O–H groups in total. The number of carbonyl (C=O) groups is 1. The molecule has 0 saturated carbocycles. The van der Waals surface area contributed by atoms with E-state index in [2.05, 4.69) is 33.1 Å². The second kappa shape index (κ2) is 5.93. The Morgan fingerprint density at radius 1 is 1.30 bits per heavy atom. The maximum Gasteiger partial charge on any atom is 0.326 e. The predicted molar refractivity (Wildman–Crippen MR) is 94.5 cm³/mol. The molecule has 0 bridgehead atoms. The van der Waals surface area contributed by atoms with Crippen molar-refractivity contribution in [2.24, 2.45) is 7.05 Å². The van der Waals surface area contributed by atoms with Crippen LogP contribution in [-0.4, -0.2) is 22.1 Å². The number of rotatable bonds is 1. The van der Waals surface area contributed by atoms with Gasteiger partial charge in [0.2, 0.25) is 0 Å². The van der Waals surface area contributed by atoms with Crippen LogP contribution in [0.2, 0.25) is 0 Å². The molecule has 6 heteroatoms. The van der Waals surface area contributed by atoms with E-state index in [0.29, 0.717) is 12.2 Å². The number of benzene rings is 1. The van der Waals surface area contributed by atoms with Gasteiger partial charge in [0.25, 0.3) is 0 Å². The largest absolute Gasteiger partial charge is 0.351 e. The van der Waals surface area contributed by atoms with E-state index >= 15 is 0 Å². The van der Waals surface area contributed by atoms with E-state index in [1.807, 2.05) is 19.3 Å². The summed E-state index contributed by atoms with van der Waals surface area (Å²) in [5.74, 6) is 0. The number of anilines is 2. The quantitative estimate of drug-likeness (QED) is 0.742.